The fourth-order valence-corrected chi connectivity index (χ4v) is 3.36. The molecule has 0 heterocycles. The average Bonchev–Trinajstić information content (AvgIpc) is 2.38. The molecule has 0 aliphatic heterocycles. The van der Waals surface area contributed by atoms with Crippen LogP contribution in [0.3, 0.4) is 0 Å². The molecule has 0 spiro atoms. The molecular formula is C14H21NO3S. The maximum absolute atomic E-state index is 12.1. The van der Waals surface area contributed by atoms with E-state index >= 15 is 0 Å². The molecule has 1 aromatic rings. The molecule has 1 saturated carbocycles. The van der Waals surface area contributed by atoms with Crippen LogP contribution in [0.15, 0.2) is 29.2 Å². The van der Waals surface area contributed by atoms with Crippen LogP contribution in [0.25, 0.3) is 0 Å². The maximum Gasteiger partial charge on any atom is 0.297 e. The summed E-state index contributed by atoms with van der Waals surface area (Å²) in [7, 11) is -3.69. The van der Waals surface area contributed by atoms with Gasteiger partial charge in [-0.3, -0.25) is 4.18 Å². The summed E-state index contributed by atoms with van der Waals surface area (Å²) in [6, 6.07) is 6.65. The van der Waals surface area contributed by atoms with Gasteiger partial charge in [-0.15, -0.1) is 0 Å². The van der Waals surface area contributed by atoms with E-state index in [1.54, 1.807) is 24.3 Å². The molecule has 0 aromatic heterocycles. The smallest absolute Gasteiger partial charge is 0.297 e. The predicted molar refractivity (Wildman–Crippen MR) is 74.3 cm³/mol. The minimum atomic E-state index is -3.69. The van der Waals surface area contributed by atoms with E-state index in [-0.39, 0.29) is 11.5 Å². The zero-order valence-electron chi connectivity index (χ0n) is 11.3. The first-order chi connectivity index (χ1) is 8.91. The molecule has 0 atom stereocenters. The molecule has 1 aromatic carbocycles. The summed E-state index contributed by atoms with van der Waals surface area (Å²) in [6.45, 7) is 1.98. The molecule has 0 saturated heterocycles. The highest BCUT2D eigenvalue weighted by atomic mass is 32.2. The summed E-state index contributed by atoms with van der Waals surface area (Å²) in [5.74, 6) is 0. The van der Waals surface area contributed by atoms with Gasteiger partial charge in [0.2, 0.25) is 0 Å². The van der Waals surface area contributed by atoms with Crippen LogP contribution in [-0.4, -0.2) is 20.6 Å². The highest BCUT2D eigenvalue weighted by Gasteiger charge is 2.30. The van der Waals surface area contributed by atoms with Gasteiger partial charge in [0.05, 0.1) is 11.5 Å². The van der Waals surface area contributed by atoms with Crippen molar-refractivity contribution in [3.63, 3.8) is 0 Å². The lowest BCUT2D eigenvalue weighted by molar-refractivity contribution is 0.178. The second-order valence-electron chi connectivity index (χ2n) is 5.45. The van der Waals surface area contributed by atoms with Crippen LogP contribution in [0.4, 0.5) is 0 Å². The molecule has 1 aliphatic carbocycles. The summed E-state index contributed by atoms with van der Waals surface area (Å²) < 4.78 is 29.2. The molecular weight excluding hydrogens is 262 g/mol. The molecule has 2 rings (SSSR count). The first kappa shape index (κ1) is 14.5. The van der Waals surface area contributed by atoms with E-state index < -0.39 is 15.7 Å². The predicted octanol–water partition coefficient (Wildman–Crippen LogP) is 2.36. The van der Waals surface area contributed by atoms with Crippen LogP contribution in [-0.2, 0) is 14.3 Å². The average molecular weight is 283 g/mol. The normalized spacial score (nSPS) is 19.3. The number of hydrogen-bond donors (Lipinski definition) is 1. The molecule has 0 radical (unpaired) electrons. The summed E-state index contributed by atoms with van der Waals surface area (Å²) in [5.41, 5.74) is 6.70. The molecule has 0 amide bonds. The van der Waals surface area contributed by atoms with Crippen molar-refractivity contribution in [2.24, 2.45) is 5.73 Å². The van der Waals surface area contributed by atoms with Crippen LogP contribution in [0, 0.1) is 6.92 Å². The molecule has 0 unspecified atom stereocenters. The van der Waals surface area contributed by atoms with Crippen molar-refractivity contribution in [2.75, 3.05) is 6.61 Å². The van der Waals surface area contributed by atoms with Crippen LogP contribution < -0.4 is 5.73 Å². The standard InChI is InChI=1S/C14H21NO3S/c1-12-5-7-13(8-6-12)19(16,17)18-11-14(15)9-3-2-4-10-14/h5-8H,2-4,9-11,15H2,1H3. The maximum atomic E-state index is 12.1. The van der Waals surface area contributed by atoms with E-state index in [1.807, 2.05) is 6.92 Å². The minimum absolute atomic E-state index is 0.0726. The number of hydrogen-bond acceptors (Lipinski definition) is 4. The monoisotopic (exact) mass is 283 g/mol. The quantitative estimate of drug-likeness (QED) is 0.861. The second-order valence-corrected chi connectivity index (χ2v) is 7.07. The third-order valence-corrected chi connectivity index (χ3v) is 4.94. The summed E-state index contributed by atoms with van der Waals surface area (Å²) in [6.07, 6.45) is 4.92. The Kier molecular flexibility index (Phi) is 4.28. The van der Waals surface area contributed by atoms with E-state index in [1.165, 1.54) is 6.42 Å². The van der Waals surface area contributed by atoms with Crippen LogP contribution >= 0.6 is 0 Å². The zero-order valence-corrected chi connectivity index (χ0v) is 12.1. The summed E-state index contributed by atoms with van der Waals surface area (Å²) >= 11 is 0. The Morgan fingerprint density at radius 3 is 2.32 bits per heavy atom. The van der Waals surface area contributed by atoms with Crippen molar-refractivity contribution in [1.82, 2.24) is 0 Å². The third kappa shape index (κ3) is 3.78. The Bertz CT molecular complexity index is 516. The lowest BCUT2D eigenvalue weighted by atomic mass is 9.83. The topological polar surface area (TPSA) is 69.4 Å². The van der Waals surface area contributed by atoms with Gasteiger partial charge in [0.15, 0.2) is 0 Å². The Labute approximate surface area is 115 Å². The lowest BCUT2D eigenvalue weighted by Gasteiger charge is -2.32. The Balaban J connectivity index is 2.03. The molecule has 4 nitrogen and oxygen atoms in total. The molecule has 106 valence electrons. The number of nitrogens with two attached hydrogens (primary N) is 1. The molecule has 5 heteroatoms. The Morgan fingerprint density at radius 2 is 1.74 bits per heavy atom. The number of rotatable bonds is 4. The van der Waals surface area contributed by atoms with E-state index in [0.717, 1.165) is 31.2 Å². The first-order valence-electron chi connectivity index (χ1n) is 6.66. The fourth-order valence-electron chi connectivity index (χ4n) is 2.37. The third-order valence-electron chi connectivity index (χ3n) is 3.66. The molecule has 19 heavy (non-hydrogen) atoms. The highest BCUT2D eigenvalue weighted by molar-refractivity contribution is 7.86. The number of benzene rings is 1. The van der Waals surface area contributed by atoms with Crippen molar-refractivity contribution in [3.8, 4) is 0 Å². The SMILES string of the molecule is Cc1ccc(S(=O)(=O)OCC2(N)CCCCC2)cc1. The zero-order chi connectivity index (χ0) is 13.9. The van der Waals surface area contributed by atoms with Gasteiger partial charge < -0.3 is 5.73 Å². The van der Waals surface area contributed by atoms with Gasteiger partial charge in [0, 0.05) is 5.54 Å². The van der Waals surface area contributed by atoms with Crippen molar-refractivity contribution in [1.29, 1.82) is 0 Å². The van der Waals surface area contributed by atoms with E-state index in [9.17, 15) is 8.42 Å². The summed E-state index contributed by atoms with van der Waals surface area (Å²) in [4.78, 5) is 0.192. The molecule has 1 fully saturated rings. The molecule has 1 aliphatic rings. The fraction of sp³-hybridized carbons (Fsp3) is 0.571. The molecule has 2 N–H and O–H groups in total. The summed E-state index contributed by atoms with van der Waals surface area (Å²) in [5, 5.41) is 0. The number of aryl methyl sites for hydroxylation is 1. The van der Waals surface area contributed by atoms with Gasteiger partial charge >= 0.3 is 0 Å². The Morgan fingerprint density at radius 1 is 1.16 bits per heavy atom. The van der Waals surface area contributed by atoms with Crippen molar-refractivity contribution < 1.29 is 12.6 Å². The van der Waals surface area contributed by atoms with Gasteiger partial charge in [-0.2, -0.15) is 8.42 Å². The van der Waals surface area contributed by atoms with Gasteiger partial charge in [0.25, 0.3) is 10.1 Å². The first-order valence-corrected chi connectivity index (χ1v) is 8.07. The van der Waals surface area contributed by atoms with E-state index in [2.05, 4.69) is 0 Å². The molecule has 0 bridgehead atoms. The van der Waals surface area contributed by atoms with Crippen LogP contribution in [0.5, 0.6) is 0 Å². The largest absolute Gasteiger partial charge is 0.323 e. The van der Waals surface area contributed by atoms with E-state index in [0.29, 0.717) is 0 Å². The van der Waals surface area contributed by atoms with Crippen LogP contribution in [0.2, 0.25) is 0 Å². The highest BCUT2D eigenvalue weighted by Crippen LogP contribution is 2.27. The van der Waals surface area contributed by atoms with Crippen molar-refractivity contribution in [2.45, 2.75) is 49.5 Å². The van der Waals surface area contributed by atoms with Gasteiger partial charge in [-0.05, 0) is 31.9 Å². The lowest BCUT2D eigenvalue weighted by Crippen LogP contribution is -2.46. The van der Waals surface area contributed by atoms with Crippen LogP contribution in [0.1, 0.15) is 37.7 Å². The van der Waals surface area contributed by atoms with E-state index in [4.69, 9.17) is 9.92 Å². The van der Waals surface area contributed by atoms with Crippen molar-refractivity contribution in [3.05, 3.63) is 29.8 Å². The van der Waals surface area contributed by atoms with Gasteiger partial charge in [-0.1, -0.05) is 37.0 Å². The van der Waals surface area contributed by atoms with Gasteiger partial charge in [-0.25, -0.2) is 0 Å². The Hall–Kier alpha value is -0.910. The second kappa shape index (κ2) is 5.61. The van der Waals surface area contributed by atoms with Gasteiger partial charge in [0.1, 0.15) is 0 Å². The minimum Gasteiger partial charge on any atom is -0.323 e. The van der Waals surface area contributed by atoms with Crippen molar-refractivity contribution >= 4 is 10.1 Å².